The van der Waals surface area contributed by atoms with Crippen molar-refractivity contribution >= 4 is 22.6 Å². The van der Waals surface area contributed by atoms with Gasteiger partial charge < -0.3 is 15.6 Å². The van der Waals surface area contributed by atoms with E-state index in [0.717, 1.165) is 0 Å². The topological polar surface area (TPSA) is 110 Å². The molecule has 0 amide bonds. The summed E-state index contributed by atoms with van der Waals surface area (Å²) in [6.07, 6.45) is -0.633. The number of aliphatic hydroxyl groups is 1. The highest BCUT2D eigenvalue weighted by Crippen LogP contribution is 2.24. The van der Waals surface area contributed by atoms with Crippen molar-refractivity contribution in [1.29, 1.82) is 0 Å². The third-order valence-electron chi connectivity index (χ3n) is 2.37. The van der Waals surface area contributed by atoms with Gasteiger partial charge in [-0.3, -0.25) is 14.3 Å². The summed E-state index contributed by atoms with van der Waals surface area (Å²) in [5.74, 6) is 0. The first-order chi connectivity index (χ1) is 7.49. The molecule has 1 aliphatic rings. The number of nitrogens with one attached hydrogen (secondary N) is 1. The van der Waals surface area contributed by atoms with E-state index in [1.807, 2.05) is 22.6 Å². The van der Waals surface area contributed by atoms with Crippen LogP contribution in [0.2, 0.25) is 0 Å². The SMILES string of the molecule is N[C@H]1O[C@@H](n2cc(I)c(=O)[nH]c2=O)C[C@@H]1O. The predicted octanol–water partition coefficient (Wildman–Crippen LogP) is -1.29. The molecular weight excluding hydrogens is 329 g/mol. The Morgan fingerprint density at radius 3 is 2.88 bits per heavy atom. The Balaban J connectivity index is 2.39. The Morgan fingerprint density at radius 1 is 1.62 bits per heavy atom. The van der Waals surface area contributed by atoms with Crippen molar-refractivity contribution in [3.05, 3.63) is 30.6 Å². The van der Waals surface area contributed by atoms with Gasteiger partial charge in [-0.2, -0.15) is 0 Å². The summed E-state index contributed by atoms with van der Waals surface area (Å²) in [4.78, 5) is 24.8. The highest BCUT2D eigenvalue weighted by atomic mass is 127. The fraction of sp³-hybridized carbons (Fsp3) is 0.500. The van der Waals surface area contributed by atoms with Crippen molar-refractivity contribution in [2.24, 2.45) is 5.73 Å². The molecule has 2 rings (SSSR count). The molecule has 4 N–H and O–H groups in total. The Kier molecular flexibility index (Phi) is 3.15. The highest BCUT2D eigenvalue weighted by molar-refractivity contribution is 14.1. The lowest BCUT2D eigenvalue weighted by Crippen LogP contribution is -2.34. The largest absolute Gasteiger partial charge is 0.389 e. The van der Waals surface area contributed by atoms with Crippen LogP contribution in [0.3, 0.4) is 0 Å². The van der Waals surface area contributed by atoms with Crippen molar-refractivity contribution < 1.29 is 9.84 Å². The smallest absolute Gasteiger partial charge is 0.330 e. The zero-order valence-electron chi connectivity index (χ0n) is 8.09. The minimum atomic E-state index is -0.804. The number of rotatable bonds is 1. The summed E-state index contributed by atoms with van der Waals surface area (Å²) in [6, 6.07) is 0. The maximum absolute atomic E-state index is 11.5. The number of nitrogens with two attached hydrogens (primary N) is 1. The summed E-state index contributed by atoms with van der Waals surface area (Å²) in [5.41, 5.74) is 4.45. The first kappa shape index (κ1) is 11.8. The lowest BCUT2D eigenvalue weighted by molar-refractivity contribution is -0.0167. The van der Waals surface area contributed by atoms with E-state index in [-0.39, 0.29) is 6.42 Å². The van der Waals surface area contributed by atoms with Crippen LogP contribution in [0.4, 0.5) is 0 Å². The number of hydrogen-bond donors (Lipinski definition) is 3. The van der Waals surface area contributed by atoms with Crippen molar-refractivity contribution in [2.45, 2.75) is 25.0 Å². The molecule has 88 valence electrons. The molecule has 0 aliphatic carbocycles. The lowest BCUT2D eigenvalue weighted by Gasteiger charge is -2.13. The second kappa shape index (κ2) is 4.28. The van der Waals surface area contributed by atoms with E-state index < -0.39 is 29.8 Å². The molecule has 1 aromatic heterocycles. The minimum Gasteiger partial charge on any atom is -0.389 e. The molecule has 0 radical (unpaired) electrons. The Morgan fingerprint density at radius 2 is 2.31 bits per heavy atom. The van der Waals surface area contributed by atoms with Gasteiger partial charge in [0, 0.05) is 12.6 Å². The van der Waals surface area contributed by atoms with Gasteiger partial charge in [-0.1, -0.05) is 0 Å². The summed E-state index contributed by atoms with van der Waals surface area (Å²) in [5, 5.41) is 9.41. The highest BCUT2D eigenvalue weighted by Gasteiger charge is 2.32. The zero-order chi connectivity index (χ0) is 11.9. The third-order valence-corrected chi connectivity index (χ3v) is 3.14. The van der Waals surface area contributed by atoms with E-state index in [0.29, 0.717) is 3.57 Å². The number of aromatic amines is 1. The fourth-order valence-corrected chi connectivity index (χ4v) is 1.96. The van der Waals surface area contributed by atoms with Crippen LogP contribution >= 0.6 is 22.6 Å². The number of aromatic nitrogens is 2. The molecule has 3 atom stereocenters. The standard InChI is InChI=1S/C8H10IN3O4/c9-3-2-12(8(15)11-7(3)14)5-1-4(13)6(10)16-5/h2,4-6,13H,1,10H2,(H,11,14,15)/t4-,5+,6-/m0/s1. The Bertz CT molecular complexity index is 501. The number of aliphatic hydroxyl groups excluding tert-OH is 1. The van der Waals surface area contributed by atoms with Crippen LogP contribution in [-0.2, 0) is 4.74 Å². The summed E-state index contributed by atoms with van der Waals surface area (Å²) in [6.45, 7) is 0. The van der Waals surface area contributed by atoms with E-state index in [1.54, 1.807) is 0 Å². The van der Waals surface area contributed by atoms with Crippen LogP contribution in [0, 0.1) is 3.57 Å². The van der Waals surface area contributed by atoms with E-state index >= 15 is 0 Å². The second-order valence-corrected chi connectivity index (χ2v) is 4.66. The minimum absolute atomic E-state index is 0.225. The van der Waals surface area contributed by atoms with Crippen LogP contribution < -0.4 is 17.0 Å². The first-order valence-electron chi connectivity index (χ1n) is 4.59. The van der Waals surface area contributed by atoms with E-state index in [2.05, 4.69) is 4.98 Å². The second-order valence-electron chi connectivity index (χ2n) is 3.50. The van der Waals surface area contributed by atoms with Crippen molar-refractivity contribution in [1.82, 2.24) is 9.55 Å². The van der Waals surface area contributed by atoms with Crippen molar-refractivity contribution in [3.8, 4) is 0 Å². The number of halogens is 1. The normalized spacial score (nSPS) is 29.6. The van der Waals surface area contributed by atoms with Gasteiger partial charge in [0.15, 0.2) is 0 Å². The summed E-state index contributed by atoms with van der Waals surface area (Å²) < 4.78 is 6.79. The molecular formula is C8H10IN3O4. The molecule has 1 aromatic rings. The van der Waals surface area contributed by atoms with E-state index in [1.165, 1.54) is 10.8 Å². The molecule has 1 fully saturated rings. The van der Waals surface area contributed by atoms with Gasteiger partial charge in [-0.05, 0) is 22.6 Å². The van der Waals surface area contributed by atoms with Gasteiger partial charge >= 0.3 is 5.69 Å². The Hall–Kier alpha value is -0.710. The van der Waals surface area contributed by atoms with Gasteiger partial charge in [0.1, 0.15) is 12.5 Å². The molecule has 8 heteroatoms. The fourth-order valence-electron chi connectivity index (χ4n) is 1.52. The van der Waals surface area contributed by atoms with Gasteiger partial charge in [0.25, 0.3) is 5.56 Å². The van der Waals surface area contributed by atoms with Crippen LogP contribution in [0.1, 0.15) is 12.6 Å². The van der Waals surface area contributed by atoms with Crippen LogP contribution in [0.25, 0.3) is 0 Å². The van der Waals surface area contributed by atoms with Crippen LogP contribution in [0.5, 0.6) is 0 Å². The Labute approximate surface area is 103 Å². The van der Waals surface area contributed by atoms with Gasteiger partial charge in [0.2, 0.25) is 0 Å². The van der Waals surface area contributed by atoms with Gasteiger partial charge in [-0.15, -0.1) is 0 Å². The first-order valence-corrected chi connectivity index (χ1v) is 5.67. The summed E-state index contributed by atoms with van der Waals surface area (Å²) in [7, 11) is 0. The van der Waals surface area contributed by atoms with Crippen molar-refractivity contribution in [2.75, 3.05) is 0 Å². The van der Waals surface area contributed by atoms with Crippen LogP contribution in [0.15, 0.2) is 15.8 Å². The maximum atomic E-state index is 11.5. The molecule has 2 heterocycles. The van der Waals surface area contributed by atoms with Crippen LogP contribution in [-0.4, -0.2) is 27.0 Å². The average Bonchev–Trinajstić information content (AvgIpc) is 2.53. The van der Waals surface area contributed by atoms with Crippen molar-refractivity contribution in [3.63, 3.8) is 0 Å². The predicted molar refractivity (Wildman–Crippen MR) is 62.8 cm³/mol. The number of nitrogens with zero attached hydrogens (tertiary/aromatic N) is 1. The van der Waals surface area contributed by atoms with Gasteiger partial charge in [0.05, 0.1) is 9.67 Å². The number of H-pyrrole nitrogens is 1. The average molecular weight is 339 g/mol. The zero-order valence-corrected chi connectivity index (χ0v) is 10.2. The molecule has 1 saturated heterocycles. The molecule has 0 bridgehead atoms. The number of ether oxygens (including phenoxy) is 1. The quantitative estimate of drug-likeness (QED) is 0.551. The van der Waals surface area contributed by atoms with E-state index in [9.17, 15) is 14.7 Å². The third kappa shape index (κ3) is 2.05. The molecule has 0 spiro atoms. The lowest BCUT2D eigenvalue weighted by atomic mass is 10.2. The molecule has 16 heavy (non-hydrogen) atoms. The monoisotopic (exact) mass is 339 g/mol. The molecule has 1 aliphatic heterocycles. The molecule has 0 aromatic carbocycles. The number of hydrogen-bond acceptors (Lipinski definition) is 5. The molecule has 7 nitrogen and oxygen atoms in total. The summed E-state index contributed by atoms with van der Waals surface area (Å²) >= 11 is 1.81. The molecule has 0 saturated carbocycles. The maximum Gasteiger partial charge on any atom is 0.330 e. The van der Waals surface area contributed by atoms with E-state index in [4.69, 9.17) is 10.5 Å². The molecule has 0 unspecified atom stereocenters. The van der Waals surface area contributed by atoms with Gasteiger partial charge in [-0.25, -0.2) is 4.79 Å².